The number of fused-ring (bicyclic) bond motifs is 6. The number of hydrogen-bond acceptors (Lipinski definition) is 1. The van der Waals surface area contributed by atoms with Crippen molar-refractivity contribution in [2.75, 3.05) is 0 Å². The molecule has 0 bridgehead atoms. The fourth-order valence-electron chi connectivity index (χ4n) is 8.92. The van der Waals surface area contributed by atoms with Gasteiger partial charge < -0.3 is 0 Å². The summed E-state index contributed by atoms with van der Waals surface area (Å²) in [5.74, 6) is 0.113. The van der Waals surface area contributed by atoms with E-state index in [1.54, 1.807) is 0 Å². The van der Waals surface area contributed by atoms with Gasteiger partial charge in [-0.3, -0.25) is 0 Å². The van der Waals surface area contributed by atoms with Crippen molar-refractivity contribution in [2.45, 2.75) is 84.9 Å². The van der Waals surface area contributed by atoms with Crippen LogP contribution in [0.25, 0.3) is 43.8 Å². The molecule has 7 aromatic carbocycles. The molecular formula is C49H46S. The molecule has 0 saturated carbocycles. The Kier molecular flexibility index (Phi) is 7.84. The summed E-state index contributed by atoms with van der Waals surface area (Å²) in [5, 5.41) is 5.78. The fourth-order valence-corrected chi connectivity index (χ4v) is 10.3. The van der Waals surface area contributed by atoms with Crippen LogP contribution in [-0.4, -0.2) is 0 Å². The average Bonchev–Trinajstić information content (AvgIpc) is 3.13. The Balaban J connectivity index is 1.40. The number of hydrogen-bond donors (Lipinski definition) is 0. The molecule has 0 spiro atoms. The fraction of sp³-hybridized carbons (Fsp3) is 0.224. The Morgan fingerprint density at radius 2 is 0.700 bits per heavy atom. The van der Waals surface area contributed by atoms with Crippen LogP contribution in [0.3, 0.4) is 0 Å². The van der Waals surface area contributed by atoms with Crippen molar-refractivity contribution in [2.24, 2.45) is 0 Å². The van der Waals surface area contributed by atoms with Crippen LogP contribution in [0.4, 0.5) is 0 Å². The molecule has 0 saturated heterocycles. The zero-order chi connectivity index (χ0) is 35.2. The topological polar surface area (TPSA) is 0 Å². The van der Waals surface area contributed by atoms with Crippen molar-refractivity contribution < 1.29 is 0 Å². The lowest BCUT2D eigenvalue weighted by molar-refractivity contribution is 0.918. The smallest absolute Gasteiger partial charge is 0.0374 e. The highest BCUT2D eigenvalue weighted by molar-refractivity contribution is 7.99. The van der Waals surface area contributed by atoms with Gasteiger partial charge in [-0.1, -0.05) is 90.6 Å². The molecule has 0 aliphatic carbocycles. The van der Waals surface area contributed by atoms with Gasteiger partial charge in [0.25, 0.3) is 0 Å². The first-order valence-corrected chi connectivity index (χ1v) is 18.8. The number of benzene rings is 7. The van der Waals surface area contributed by atoms with Crippen LogP contribution in [0.15, 0.2) is 101 Å². The zero-order valence-electron chi connectivity index (χ0n) is 31.1. The highest BCUT2D eigenvalue weighted by Gasteiger charge is 2.34. The van der Waals surface area contributed by atoms with E-state index in [4.69, 9.17) is 0 Å². The van der Waals surface area contributed by atoms with E-state index >= 15 is 0 Å². The van der Waals surface area contributed by atoms with E-state index in [-0.39, 0.29) is 5.92 Å². The molecule has 0 radical (unpaired) electrons. The van der Waals surface area contributed by atoms with Gasteiger partial charge in [-0.25, -0.2) is 0 Å². The maximum Gasteiger partial charge on any atom is 0.0374 e. The Bertz CT molecular complexity index is 2400. The first kappa shape index (κ1) is 32.6. The van der Waals surface area contributed by atoms with Crippen LogP contribution in [0.1, 0.15) is 78.2 Å². The molecule has 0 unspecified atom stereocenters. The first-order valence-electron chi connectivity index (χ1n) is 18.0. The Hall–Kier alpha value is -4.59. The van der Waals surface area contributed by atoms with E-state index in [0.29, 0.717) is 0 Å². The van der Waals surface area contributed by atoms with E-state index in [0.717, 1.165) is 0 Å². The van der Waals surface area contributed by atoms with E-state index in [1.165, 1.54) is 126 Å². The lowest BCUT2D eigenvalue weighted by Gasteiger charge is -2.34. The highest BCUT2D eigenvalue weighted by Crippen LogP contribution is 2.56. The molecule has 0 amide bonds. The van der Waals surface area contributed by atoms with Crippen LogP contribution in [0.5, 0.6) is 0 Å². The minimum atomic E-state index is 0.113. The number of rotatable bonds is 3. The lowest BCUT2D eigenvalue weighted by atomic mass is 9.75. The quantitative estimate of drug-likeness (QED) is 0.181. The molecule has 1 heterocycles. The summed E-state index contributed by atoms with van der Waals surface area (Å²) < 4.78 is 0. The largest absolute Gasteiger partial charge is 0.0894 e. The Morgan fingerprint density at radius 3 is 1.10 bits per heavy atom. The maximum atomic E-state index is 2.49. The summed E-state index contributed by atoms with van der Waals surface area (Å²) in [5.41, 5.74) is 23.4. The maximum absolute atomic E-state index is 2.49. The normalized spacial score (nSPS) is 12.8. The van der Waals surface area contributed by atoms with Gasteiger partial charge in [0.05, 0.1) is 0 Å². The van der Waals surface area contributed by atoms with Crippen molar-refractivity contribution >= 4 is 33.3 Å². The first-order chi connectivity index (χ1) is 24.0. The second-order valence-corrected chi connectivity index (χ2v) is 15.9. The molecule has 248 valence electrons. The molecule has 50 heavy (non-hydrogen) atoms. The second kappa shape index (κ2) is 12.0. The highest BCUT2D eigenvalue weighted by atomic mass is 32.2. The van der Waals surface area contributed by atoms with Crippen molar-refractivity contribution in [3.05, 3.63) is 163 Å². The predicted octanol–water partition coefficient (Wildman–Crippen LogP) is 14.1. The summed E-state index contributed by atoms with van der Waals surface area (Å²) in [7, 11) is 0. The van der Waals surface area contributed by atoms with Gasteiger partial charge in [-0.15, -0.1) is 0 Å². The van der Waals surface area contributed by atoms with E-state index in [2.05, 4.69) is 160 Å². The summed E-state index contributed by atoms with van der Waals surface area (Å²) in [6.45, 7) is 23.3. The molecule has 1 heteroatoms. The van der Waals surface area contributed by atoms with Crippen molar-refractivity contribution in [1.29, 1.82) is 0 Å². The monoisotopic (exact) mass is 666 g/mol. The third-order valence-electron chi connectivity index (χ3n) is 12.3. The van der Waals surface area contributed by atoms with Crippen LogP contribution in [0, 0.1) is 69.2 Å². The van der Waals surface area contributed by atoms with Crippen molar-refractivity contribution in [3.8, 4) is 22.3 Å². The van der Waals surface area contributed by atoms with E-state index in [9.17, 15) is 0 Å². The van der Waals surface area contributed by atoms with Gasteiger partial charge in [0.1, 0.15) is 0 Å². The molecule has 7 aromatic rings. The summed E-state index contributed by atoms with van der Waals surface area (Å²) in [6, 6.07) is 34.2. The summed E-state index contributed by atoms with van der Waals surface area (Å²) in [6.07, 6.45) is 0. The Labute approximate surface area is 302 Å². The molecule has 0 N–H and O–H groups in total. The van der Waals surface area contributed by atoms with Gasteiger partial charge in [-0.05, 0) is 197 Å². The average molecular weight is 667 g/mol. The Morgan fingerprint density at radius 1 is 0.360 bits per heavy atom. The minimum Gasteiger partial charge on any atom is -0.0894 e. The predicted molar refractivity (Wildman–Crippen MR) is 218 cm³/mol. The SMILES string of the molecule is Cc1c(C)c(C)c2c3c(cc(C)c2c1C)Sc1cc(C)c2c(C)c(C)c(C)c(C)c2c1C3c1ccc(-c2ccc(-c3ccccc3)cc2)cc1. The van der Waals surface area contributed by atoms with Gasteiger partial charge in [0.15, 0.2) is 0 Å². The summed E-state index contributed by atoms with van der Waals surface area (Å²) >= 11 is 1.99. The third-order valence-corrected chi connectivity index (χ3v) is 13.4. The molecule has 8 rings (SSSR count). The van der Waals surface area contributed by atoms with Crippen LogP contribution >= 0.6 is 11.8 Å². The van der Waals surface area contributed by atoms with Gasteiger partial charge >= 0.3 is 0 Å². The zero-order valence-corrected chi connectivity index (χ0v) is 32.0. The molecule has 0 atom stereocenters. The lowest BCUT2D eigenvalue weighted by Crippen LogP contribution is -2.15. The molecule has 0 fully saturated rings. The van der Waals surface area contributed by atoms with E-state index in [1.807, 2.05) is 11.8 Å². The molecule has 0 nitrogen and oxygen atoms in total. The van der Waals surface area contributed by atoms with Crippen molar-refractivity contribution in [1.82, 2.24) is 0 Å². The van der Waals surface area contributed by atoms with E-state index < -0.39 is 0 Å². The molecule has 0 aromatic heterocycles. The number of aryl methyl sites for hydroxylation is 6. The molecular weight excluding hydrogens is 621 g/mol. The third kappa shape index (κ3) is 4.81. The summed E-state index contributed by atoms with van der Waals surface area (Å²) in [4.78, 5) is 2.80. The molecule has 1 aliphatic heterocycles. The van der Waals surface area contributed by atoms with Gasteiger partial charge in [0, 0.05) is 15.7 Å². The standard InChI is InChI=1S/C49H46S/c1-26-24-41-48(45-34(9)30(5)28(3)32(7)43(26)45)47(49-42(50-41)25-27(2)44-33(8)29(4)31(6)35(10)46(44)49)40-22-20-39(21-23-40)38-18-16-37(17-19-38)36-14-12-11-13-15-36/h11-25,47H,1-10H3. The second-order valence-electron chi connectivity index (χ2n) is 14.8. The van der Waals surface area contributed by atoms with Crippen molar-refractivity contribution in [3.63, 3.8) is 0 Å². The van der Waals surface area contributed by atoms with Crippen LogP contribution < -0.4 is 0 Å². The minimum absolute atomic E-state index is 0.113. The van der Waals surface area contributed by atoms with Gasteiger partial charge in [0.2, 0.25) is 0 Å². The van der Waals surface area contributed by atoms with Crippen LogP contribution in [-0.2, 0) is 0 Å². The van der Waals surface area contributed by atoms with Crippen LogP contribution in [0.2, 0.25) is 0 Å². The molecule has 1 aliphatic rings. The van der Waals surface area contributed by atoms with Gasteiger partial charge in [-0.2, -0.15) is 0 Å².